The van der Waals surface area contributed by atoms with Crippen LogP contribution in [0.25, 0.3) is 22.3 Å². The summed E-state index contributed by atoms with van der Waals surface area (Å²) in [6.45, 7) is 15.8. The highest BCUT2D eigenvalue weighted by atomic mass is 28.3. The molecule has 0 spiro atoms. The molecule has 8 nitrogen and oxygen atoms in total. The molecule has 0 saturated heterocycles. The van der Waals surface area contributed by atoms with Gasteiger partial charge in [-0.25, -0.2) is 19.7 Å². The van der Waals surface area contributed by atoms with Crippen LogP contribution in [-0.4, -0.2) is 52.6 Å². The summed E-state index contributed by atoms with van der Waals surface area (Å²) >= 11 is 0. The summed E-state index contributed by atoms with van der Waals surface area (Å²) in [5.74, 6) is -0.413. The van der Waals surface area contributed by atoms with Crippen LogP contribution in [0.4, 0.5) is 0 Å². The number of carbonyl (C=O) groups excluding carboxylic acids is 2. The number of Topliss-reactive ketones (excluding diaryl/α,β-unsaturated/α-hetero) is 1. The van der Waals surface area contributed by atoms with E-state index >= 15 is 0 Å². The van der Waals surface area contributed by atoms with Crippen molar-refractivity contribution in [3.8, 4) is 0 Å². The Labute approximate surface area is 231 Å². The Kier molecular flexibility index (Phi) is 8.51. The van der Waals surface area contributed by atoms with Gasteiger partial charge in [-0.15, -0.1) is 0 Å². The van der Waals surface area contributed by atoms with Gasteiger partial charge in [-0.05, 0) is 55.5 Å². The maximum Gasteiger partial charge on any atom is 0.356 e. The Balaban J connectivity index is 1.74. The molecule has 0 radical (unpaired) electrons. The van der Waals surface area contributed by atoms with Crippen molar-refractivity contribution in [1.29, 1.82) is 0 Å². The topological polar surface area (TPSA) is 96.2 Å². The minimum absolute atomic E-state index is 0.0178. The van der Waals surface area contributed by atoms with Gasteiger partial charge in [0.15, 0.2) is 11.4 Å². The molecule has 0 fully saturated rings. The van der Waals surface area contributed by atoms with E-state index in [1.165, 1.54) is 0 Å². The summed E-state index contributed by atoms with van der Waals surface area (Å²) in [6, 6.07) is 6.48. The first-order valence-electron chi connectivity index (χ1n) is 13.7. The van der Waals surface area contributed by atoms with Gasteiger partial charge in [-0.2, -0.15) is 0 Å². The zero-order valence-electron chi connectivity index (χ0n) is 24.3. The van der Waals surface area contributed by atoms with Crippen LogP contribution in [0.5, 0.6) is 0 Å². The lowest BCUT2D eigenvalue weighted by Gasteiger charge is -2.16. The minimum Gasteiger partial charge on any atom is -0.461 e. The second-order valence-electron chi connectivity index (χ2n) is 12.3. The van der Waals surface area contributed by atoms with Gasteiger partial charge in [-0.1, -0.05) is 46.5 Å². The van der Waals surface area contributed by atoms with Crippen molar-refractivity contribution in [1.82, 2.24) is 19.5 Å². The number of nitrogens with zero attached hydrogens (tertiary/aromatic N) is 4. The number of hydrogen-bond donors (Lipinski definition) is 0. The van der Waals surface area contributed by atoms with Crippen LogP contribution in [0, 0.1) is 5.41 Å². The molecular weight excluding hydrogens is 508 g/mol. The van der Waals surface area contributed by atoms with E-state index in [1.807, 2.05) is 43.7 Å². The summed E-state index contributed by atoms with van der Waals surface area (Å²) in [5.41, 5.74) is 5.09. The molecule has 0 amide bonds. The molecule has 1 aliphatic rings. The van der Waals surface area contributed by atoms with Gasteiger partial charge in [0.1, 0.15) is 17.9 Å². The molecule has 0 aromatic carbocycles. The molecule has 0 atom stereocenters. The fourth-order valence-electron chi connectivity index (χ4n) is 4.64. The molecule has 0 saturated carbocycles. The molecule has 1 aliphatic carbocycles. The van der Waals surface area contributed by atoms with Gasteiger partial charge in [0.05, 0.1) is 29.8 Å². The zero-order valence-corrected chi connectivity index (χ0v) is 25.3. The average molecular weight is 549 g/mol. The molecule has 0 N–H and O–H groups in total. The van der Waals surface area contributed by atoms with Crippen molar-refractivity contribution in [3.05, 3.63) is 53.2 Å². The highest BCUT2D eigenvalue weighted by Gasteiger charge is 2.29. The Bertz CT molecular complexity index is 1410. The highest BCUT2D eigenvalue weighted by molar-refractivity contribution is 6.76. The summed E-state index contributed by atoms with van der Waals surface area (Å²) in [7, 11) is -1.21. The van der Waals surface area contributed by atoms with Crippen molar-refractivity contribution in [2.75, 3.05) is 13.2 Å². The lowest BCUT2D eigenvalue weighted by molar-refractivity contribution is 0.0519. The van der Waals surface area contributed by atoms with Gasteiger partial charge in [-0.3, -0.25) is 4.79 Å². The highest BCUT2D eigenvalue weighted by Crippen LogP contribution is 2.39. The molecule has 0 aliphatic heterocycles. The fraction of sp³-hybridized carbons (Fsp3) is 0.500. The standard InChI is InChI=1S/C30H40N4O4Si/c1-8-38-29(36)24-14-10-13-23(32-24)20-11-9-12-21(20)25-17-31-28-26(33-25)22(27(35)30(2,3)4)18-34(28)19-37-15-16-39(5,6)7/h10,13-14,17-18H,8-9,11-12,15-16,19H2,1-7H3. The first kappa shape index (κ1) is 28.8. The number of ketones is 1. The van der Waals surface area contributed by atoms with E-state index in [0.717, 1.165) is 47.8 Å². The van der Waals surface area contributed by atoms with Crippen molar-refractivity contribution in [3.63, 3.8) is 0 Å². The molecule has 4 rings (SSSR count). The Morgan fingerprint density at radius 2 is 1.77 bits per heavy atom. The first-order chi connectivity index (χ1) is 18.4. The van der Waals surface area contributed by atoms with E-state index in [-0.39, 0.29) is 5.78 Å². The fourth-order valence-corrected chi connectivity index (χ4v) is 5.39. The Morgan fingerprint density at radius 3 is 2.44 bits per heavy atom. The second kappa shape index (κ2) is 11.5. The van der Waals surface area contributed by atoms with E-state index in [4.69, 9.17) is 19.4 Å². The molecule has 3 aromatic rings. The van der Waals surface area contributed by atoms with Crippen molar-refractivity contribution in [2.24, 2.45) is 5.41 Å². The SMILES string of the molecule is CCOC(=O)c1cccc(C2=C(c3cnc4c(n3)c(C(=O)C(C)(C)C)cn4COCC[Si](C)(C)C)CCC2)n1. The van der Waals surface area contributed by atoms with Crippen molar-refractivity contribution < 1.29 is 19.1 Å². The lowest BCUT2D eigenvalue weighted by atomic mass is 9.87. The Morgan fingerprint density at radius 1 is 1.05 bits per heavy atom. The normalized spacial score (nSPS) is 14.3. The number of allylic oxidation sites excluding steroid dienone is 2. The molecule has 208 valence electrons. The Hall–Kier alpha value is -3.17. The van der Waals surface area contributed by atoms with Crippen molar-refractivity contribution >= 4 is 42.1 Å². The predicted octanol–water partition coefficient (Wildman–Crippen LogP) is 6.64. The van der Waals surface area contributed by atoms with E-state index in [2.05, 4.69) is 24.6 Å². The van der Waals surface area contributed by atoms with Crippen LogP contribution in [0.1, 0.15) is 79.2 Å². The second-order valence-corrected chi connectivity index (χ2v) is 17.9. The third kappa shape index (κ3) is 6.70. The third-order valence-corrected chi connectivity index (χ3v) is 8.49. The smallest absolute Gasteiger partial charge is 0.356 e. The first-order valence-corrected chi connectivity index (χ1v) is 17.4. The summed E-state index contributed by atoms with van der Waals surface area (Å²) in [4.78, 5) is 40.1. The van der Waals surface area contributed by atoms with Gasteiger partial charge in [0, 0.05) is 26.3 Å². The number of pyridine rings is 1. The maximum absolute atomic E-state index is 13.4. The minimum atomic E-state index is -1.21. The van der Waals surface area contributed by atoms with E-state index < -0.39 is 19.5 Å². The summed E-state index contributed by atoms with van der Waals surface area (Å²) < 4.78 is 13.0. The molecular formula is C30H40N4O4Si. The molecule has 0 bridgehead atoms. The largest absolute Gasteiger partial charge is 0.461 e. The van der Waals surface area contributed by atoms with Crippen LogP contribution >= 0.6 is 0 Å². The zero-order chi connectivity index (χ0) is 28.4. The van der Waals surface area contributed by atoms with Gasteiger partial charge < -0.3 is 14.0 Å². The monoisotopic (exact) mass is 548 g/mol. The molecule has 0 unspecified atom stereocenters. The number of esters is 1. The van der Waals surface area contributed by atoms with Crippen molar-refractivity contribution in [2.45, 2.75) is 79.4 Å². The number of ether oxygens (including phenoxy) is 2. The number of hydrogen-bond acceptors (Lipinski definition) is 7. The van der Waals surface area contributed by atoms with Gasteiger partial charge in [0.25, 0.3) is 0 Å². The van der Waals surface area contributed by atoms with E-state index in [0.29, 0.717) is 42.4 Å². The maximum atomic E-state index is 13.4. The molecule has 9 heteroatoms. The number of carbonyl (C=O) groups is 2. The third-order valence-electron chi connectivity index (χ3n) is 6.79. The lowest BCUT2D eigenvalue weighted by Crippen LogP contribution is -2.22. The quantitative estimate of drug-likeness (QED) is 0.121. The molecule has 39 heavy (non-hydrogen) atoms. The molecule has 3 heterocycles. The van der Waals surface area contributed by atoms with Crippen LogP contribution in [0.3, 0.4) is 0 Å². The van der Waals surface area contributed by atoms with Gasteiger partial charge in [0.2, 0.25) is 0 Å². The van der Waals surface area contributed by atoms with Gasteiger partial charge >= 0.3 is 5.97 Å². The van der Waals surface area contributed by atoms with E-state index in [9.17, 15) is 9.59 Å². The number of aromatic nitrogens is 4. The average Bonchev–Trinajstić information content (AvgIpc) is 3.50. The van der Waals surface area contributed by atoms with Crippen LogP contribution in [-0.2, 0) is 16.2 Å². The number of fused-ring (bicyclic) bond motifs is 1. The molecule has 3 aromatic heterocycles. The van der Waals surface area contributed by atoms with Crippen LogP contribution in [0.2, 0.25) is 25.7 Å². The van der Waals surface area contributed by atoms with Crippen LogP contribution in [0.15, 0.2) is 30.6 Å². The van der Waals surface area contributed by atoms with E-state index in [1.54, 1.807) is 19.2 Å². The summed E-state index contributed by atoms with van der Waals surface area (Å²) in [5, 5.41) is 0. The van der Waals surface area contributed by atoms with Crippen LogP contribution < -0.4 is 0 Å². The number of rotatable bonds is 10. The summed E-state index contributed by atoms with van der Waals surface area (Å²) in [6.07, 6.45) is 6.22. The predicted molar refractivity (Wildman–Crippen MR) is 156 cm³/mol.